The fourth-order valence-corrected chi connectivity index (χ4v) is 3.83. The molecule has 0 saturated carbocycles. The Hall–Kier alpha value is -3.82. The van der Waals surface area contributed by atoms with E-state index in [1.807, 2.05) is 12.1 Å². The summed E-state index contributed by atoms with van der Waals surface area (Å²) in [5.41, 5.74) is 2.31. The van der Waals surface area contributed by atoms with Gasteiger partial charge in [-0.25, -0.2) is 19.3 Å². The molecule has 172 valence electrons. The summed E-state index contributed by atoms with van der Waals surface area (Å²) in [5.74, 6) is 1.22. The monoisotopic (exact) mass is 476 g/mol. The molecule has 0 aliphatic carbocycles. The number of aromatic nitrogens is 4. The van der Waals surface area contributed by atoms with Crippen LogP contribution in [0.3, 0.4) is 0 Å². The normalized spacial score (nSPS) is 13.5. The van der Waals surface area contributed by atoms with Crippen molar-refractivity contribution in [2.45, 2.75) is 0 Å². The third-order valence-corrected chi connectivity index (χ3v) is 5.58. The van der Waals surface area contributed by atoms with E-state index in [1.54, 1.807) is 24.5 Å². The molecule has 8 nitrogen and oxygen atoms in total. The van der Waals surface area contributed by atoms with Gasteiger partial charge in [-0.2, -0.15) is 4.98 Å². The molecule has 4 aromatic rings. The Morgan fingerprint density at radius 1 is 0.853 bits per heavy atom. The van der Waals surface area contributed by atoms with Crippen LogP contribution in [0.25, 0.3) is 11.4 Å². The second-order valence-corrected chi connectivity index (χ2v) is 8.13. The van der Waals surface area contributed by atoms with Gasteiger partial charge < -0.3 is 20.9 Å². The van der Waals surface area contributed by atoms with Crippen molar-refractivity contribution in [3.8, 4) is 11.4 Å². The van der Waals surface area contributed by atoms with Gasteiger partial charge in [0.05, 0.1) is 5.56 Å². The third-order valence-electron chi connectivity index (χ3n) is 5.34. The maximum Gasteiger partial charge on any atom is 0.229 e. The number of nitrogens with one attached hydrogen (secondary N) is 3. The van der Waals surface area contributed by atoms with Crippen molar-refractivity contribution in [1.82, 2.24) is 25.3 Å². The van der Waals surface area contributed by atoms with Crippen molar-refractivity contribution in [2.75, 3.05) is 41.7 Å². The van der Waals surface area contributed by atoms with Crippen LogP contribution in [-0.4, -0.2) is 46.1 Å². The number of piperazine rings is 1. The summed E-state index contributed by atoms with van der Waals surface area (Å²) in [4.78, 5) is 19.7. The molecule has 1 saturated heterocycles. The van der Waals surface area contributed by atoms with Crippen LogP contribution in [0.15, 0.2) is 67.0 Å². The van der Waals surface area contributed by atoms with Crippen LogP contribution in [0.5, 0.6) is 0 Å². The predicted octanol–water partition coefficient (Wildman–Crippen LogP) is 4.62. The summed E-state index contributed by atoms with van der Waals surface area (Å²) in [7, 11) is 0. The number of benzene rings is 2. The third kappa shape index (κ3) is 5.22. The maximum atomic E-state index is 14.2. The van der Waals surface area contributed by atoms with Crippen molar-refractivity contribution in [3.63, 3.8) is 0 Å². The molecule has 1 aliphatic rings. The van der Waals surface area contributed by atoms with Gasteiger partial charge in [-0.1, -0.05) is 11.6 Å². The van der Waals surface area contributed by atoms with Crippen LogP contribution in [0, 0.1) is 5.82 Å². The summed E-state index contributed by atoms with van der Waals surface area (Å²) in [5, 5.41) is 10.1. The predicted molar refractivity (Wildman–Crippen MR) is 133 cm³/mol. The number of hydrogen-bond acceptors (Lipinski definition) is 8. The van der Waals surface area contributed by atoms with Crippen LogP contribution in [0.2, 0.25) is 5.02 Å². The molecule has 0 radical (unpaired) electrons. The van der Waals surface area contributed by atoms with Crippen LogP contribution >= 0.6 is 11.6 Å². The lowest BCUT2D eigenvalue weighted by Gasteiger charge is -2.29. The Labute approximate surface area is 201 Å². The number of halogens is 2. The van der Waals surface area contributed by atoms with Gasteiger partial charge in [0.25, 0.3) is 0 Å². The van der Waals surface area contributed by atoms with Crippen molar-refractivity contribution in [2.24, 2.45) is 0 Å². The standard InChI is InChI=1S/C24H22ClFN8/c25-16-1-6-20(26)19(15-16)23-28-9-7-21(32-23)31-22-8-10-29-24(33-22)30-17-2-4-18(5-3-17)34-13-11-27-12-14-34/h1-10,15,27H,11-14H2,(H2,28,29,30,31,32,33). The van der Waals surface area contributed by atoms with Gasteiger partial charge in [-0.3, -0.25) is 0 Å². The van der Waals surface area contributed by atoms with Gasteiger partial charge in [-0.05, 0) is 54.6 Å². The van der Waals surface area contributed by atoms with Crippen molar-refractivity contribution in [1.29, 1.82) is 0 Å². The van der Waals surface area contributed by atoms with E-state index >= 15 is 0 Å². The Morgan fingerprint density at radius 2 is 1.59 bits per heavy atom. The smallest absolute Gasteiger partial charge is 0.229 e. The molecule has 1 aliphatic heterocycles. The maximum absolute atomic E-state index is 14.2. The summed E-state index contributed by atoms with van der Waals surface area (Å²) < 4.78 is 14.2. The van der Waals surface area contributed by atoms with Crippen molar-refractivity contribution >= 4 is 40.6 Å². The fourth-order valence-electron chi connectivity index (χ4n) is 3.65. The lowest BCUT2D eigenvalue weighted by atomic mass is 10.2. The Bertz CT molecular complexity index is 1280. The molecule has 0 amide bonds. The molecule has 3 N–H and O–H groups in total. The lowest BCUT2D eigenvalue weighted by molar-refractivity contribution is 0.589. The van der Waals surface area contributed by atoms with E-state index in [-0.39, 0.29) is 11.4 Å². The first-order valence-corrected chi connectivity index (χ1v) is 11.2. The average molecular weight is 477 g/mol. The molecule has 1 fully saturated rings. The summed E-state index contributed by atoms with van der Waals surface area (Å²) in [6, 6.07) is 15.9. The van der Waals surface area contributed by atoms with Crippen molar-refractivity contribution in [3.05, 3.63) is 77.8 Å². The highest BCUT2D eigenvalue weighted by Crippen LogP contribution is 2.25. The van der Waals surface area contributed by atoms with Gasteiger partial charge in [-0.15, -0.1) is 0 Å². The minimum atomic E-state index is -0.446. The SMILES string of the molecule is Fc1ccc(Cl)cc1-c1nccc(Nc2ccnc(Nc3ccc(N4CCNCC4)cc3)n2)n1. The summed E-state index contributed by atoms with van der Waals surface area (Å²) >= 11 is 6.00. The molecular weight excluding hydrogens is 455 g/mol. The number of nitrogens with zero attached hydrogens (tertiary/aromatic N) is 5. The first kappa shape index (κ1) is 22.0. The second kappa shape index (κ2) is 9.98. The van der Waals surface area contributed by atoms with E-state index < -0.39 is 5.82 Å². The molecule has 0 atom stereocenters. The molecule has 0 bridgehead atoms. The van der Waals surface area contributed by atoms with Gasteiger partial charge in [0.15, 0.2) is 5.82 Å². The largest absolute Gasteiger partial charge is 0.369 e. The average Bonchev–Trinajstić information content (AvgIpc) is 2.87. The summed E-state index contributed by atoms with van der Waals surface area (Å²) in [6.45, 7) is 3.99. The summed E-state index contributed by atoms with van der Waals surface area (Å²) in [6.07, 6.45) is 3.19. The van der Waals surface area contributed by atoms with Crippen molar-refractivity contribution < 1.29 is 4.39 Å². The first-order chi connectivity index (χ1) is 16.6. The molecular formula is C24H22ClFN8. The number of hydrogen-bond donors (Lipinski definition) is 3. The zero-order chi connectivity index (χ0) is 23.3. The van der Waals surface area contributed by atoms with Crippen LogP contribution in [0.4, 0.5) is 33.3 Å². The topological polar surface area (TPSA) is 90.9 Å². The van der Waals surface area contributed by atoms with E-state index in [2.05, 4.69) is 52.9 Å². The minimum Gasteiger partial charge on any atom is -0.369 e. The second-order valence-electron chi connectivity index (χ2n) is 7.69. The Kier molecular flexibility index (Phi) is 6.46. The molecule has 34 heavy (non-hydrogen) atoms. The van der Waals surface area contributed by atoms with Crippen LogP contribution < -0.4 is 20.9 Å². The van der Waals surface area contributed by atoms with E-state index in [0.29, 0.717) is 22.6 Å². The van der Waals surface area contributed by atoms with E-state index in [0.717, 1.165) is 31.9 Å². The fraction of sp³-hybridized carbons (Fsp3) is 0.167. The first-order valence-electron chi connectivity index (χ1n) is 10.9. The molecule has 10 heteroatoms. The molecule has 3 heterocycles. The van der Waals surface area contributed by atoms with Gasteiger partial charge in [0.1, 0.15) is 17.5 Å². The van der Waals surface area contributed by atoms with Gasteiger partial charge >= 0.3 is 0 Å². The van der Waals surface area contributed by atoms with Gasteiger partial charge in [0.2, 0.25) is 5.95 Å². The van der Waals surface area contributed by atoms with E-state index in [1.165, 1.54) is 23.9 Å². The highest BCUT2D eigenvalue weighted by Gasteiger charge is 2.12. The quantitative estimate of drug-likeness (QED) is 0.371. The molecule has 2 aromatic carbocycles. The highest BCUT2D eigenvalue weighted by molar-refractivity contribution is 6.30. The zero-order valence-electron chi connectivity index (χ0n) is 18.2. The Morgan fingerprint density at radius 3 is 2.38 bits per heavy atom. The van der Waals surface area contributed by atoms with E-state index in [9.17, 15) is 4.39 Å². The minimum absolute atomic E-state index is 0.224. The van der Waals surface area contributed by atoms with Crippen LogP contribution in [0.1, 0.15) is 0 Å². The van der Waals surface area contributed by atoms with E-state index in [4.69, 9.17) is 11.6 Å². The number of anilines is 5. The van der Waals surface area contributed by atoms with Crippen LogP contribution in [-0.2, 0) is 0 Å². The molecule has 5 rings (SSSR count). The lowest BCUT2D eigenvalue weighted by Crippen LogP contribution is -2.43. The number of rotatable bonds is 6. The Balaban J connectivity index is 1.29. The zero-order valence-corrected chi connectivity index (χ0v) is 18.9. The molecule has 0 spiro atoms. The molecule has 2 aromatic heterocycles. The van der Waals surface area contributed by atoms with Gasteiger partial charge in [0, 0.05) is 55.0 Å². The molecule has 0 unspecified atom stereocenters. The highest BCUT2D eigenvalue weighted by atomic mass is 35.5.